The standard InChI is InChI=1S/C25H29N3OS/c26-22-13-12-21(24-7-4-14-30-24)15-23(22)28-25(29)20-10-8-19(9-11-20)17-27-16-18-5-2-1-3-6-18/h4,7-15,18,27H,1-3,5-6,16-17,26H2,(H,28,29). The van der Waals surface area contributed by atoms with Crippen molar-refractivity contribution in [3.63, 3.8) is 0 Å². The van der Waals surface area contributed by atoms with Gasteiger partial charge in [-0.05, 0) is 72.1 Å². The van der Waals surface area contributed by atoms with Crippen LogP contribution >= 0.6 is 11.3 Å². The minimum atomic E-state index is -0.147. The van der Waals surface area contributed by atoms with E-state index < -0.39 is 0 Å². The predicted molar refractivity (Wildman–Crippen MR) is 127 cm³/mol. The van der Waals surface area contributed by atoms with E-state index in [1.165, 1.54) is 37.7 Å². The molecule has 1 fully saturated rings. The van der Waals surface area contributed by atoms with Gasteiger partial charge in [-0.2, -0.15) is 0 Å². The van der Waals surface area contributed by atoms with Crippen molar-refractivity contribution in [3.05, 3.63) is 71.1 Å². The lowest BCUT2D eigenvalue weighted by atomic mass is 9.89. The molecule has 1 amide bonds. The summed E-state index contributed by atoms with van der Waals surface area (Å²) in [6.07, 6.45) is 6.84. The minimum absolute atomic E-state index is 0.147. The van der Waals surface area contributed by atoms with Gasteiger partial charge in [0, 0.05) is 17.0 Å². The topological polar surface area (TPSA) is 67.1 Å². The first-order valence-electron chi connectivity index (χ1n) is 10.7. The number of rotatable bonds is 7. The highest BCUT2D eigenvalue weighted by atomic mass is 32.1. The summed E-state index contributed by atoms with van der Waals surface area (Å²) in [5, 5.41) is 8.57. The Hall–Kier alpha value is -2.63. The molecule has 5 heteroatoms. The van der Waals surface area contributed by atoms with E-state index in [0.717, 1.165) is 29.4 Å². The fourth-order valence-corrected chi connectivity index (χ4v) is 4.76. The van der Waals surface area contributed by atoms with E-state index in [9.17, 15) is 4.79 Å². The number of anilines is 2. The van der Waals surface area contributed by atoms with Crippen LogP contribution in [0, 0.1) is 5.92 Å². The lowest BCUT2D eigenvalue weighted by Crippen LogP contribution is -2.24. The highest BCUT2D eigenvalue weighted by Gasteiger charge is 2.13. The van der Waals surface area contributed by atoms with Crippen LogP contribution in [0.4, 0.5) is 11.4 Å². The van der Waals surface area contributed by atoms with Gasteiger partial charge >= 0.3 is 0 Å². The molecule has 1 saturated carbocycles. The van der Waals surface area contributed by atoms with Crippen molar-refractivity contribution in [2.45, 2.75) is 38.6 Å². The first kappa shape index (κ1) is 20.6. The van der Waals surface area contributed by atoms with Crippen LogP contribution in [-0.2, 0) is 6.54 Å². The van der Waals surface area contributed by atoms with Gasteiger partial charge in [-0.25, -0.2) is 0 Å². The second-order valence-electron chi connectivity index (χ2n) is 8.07. The van der Waals surface area contributed by atoms with E-state index in [-0.39, 0.29) is 5.91 Å². The molecule has 1 aromatic heterocycles. The Labute approximate surface area is 182 Å². The monoisotopic (exact) mass is 419 g/mol. The summed E-state index contributed by atoms with van der Waals surface area (Å²) in [5.74, 6) is 0.672. The highest BCUT2D eigenvalue weighted by molar-refractivity contribution is 7.13. The SMILES string of the molecule is Nc1ccc(-c2cccs2)cc1NC(=O)c1ccc(CNCC2CCCCC2)cc1. The van der Waals surface area contributed by atoms with Crippen molar-refractivity contribution in [2.24, 2.45) is 5.92 Å². The number of hydrogen-bond donors (Lipinski definition) is 3. The van der Waals surface area contributed by atoms with Gasteiger partial charge in [0.1, 0.15) is 0 Å². The summed E-state index contributed by atoms with van der Waals surface area (Å²) < 4.78 is 0. The third-order valence-electron chi connectivity index (χ3n) is 5.81. The number of amides is 1. The second-order valence-corrected chi connectivity index (χ2v) is 9.01. The van der Waals surface area contributed by atoms with Crippen LogP contribution < -0.4 is 16.4 Å². The van der Waals surface area contributed by atoms with E-state index in [2.05, 4.69) is 16.7 Å². The summed E-state index contributed by atoms with van der Waals surface area (Å²) in [5.41, 5.74) is 10.2. The molecule has 4 N–H and O–H groups in total. The molecule has 3 aromatic rings. The van der Waals surface area contributed by atoms with Gasteiger partial charge in [-0.1, -0.05) is 43.5 Å². The quantitative estimate of drug-likeness (QED) is 0.416. The number of thiophene rings is 1. The maximum absolute atomic E-state index is 12.7. The number of carbonyl (C=O) groups excluding carboxylic acids is 1. The van der Waals surface area contributed by atoms with Crippen LogP contribution in [0.2, 0.25) is 0 Å². The van der Waals surface area contributed by atoms with Crippen molar-refractivity contribution >= 4 is 28.6 Å². The largest absolute Gasteiger partial charge is 0.397 e. The molecule has 0 spiro atoms. The van der Waals surface area contributed by atoms with Gasteiger partial charge in [-0.3, -0.25) is 4.79 Å². The molecule has 1 aliphatic carbocycles. The molecule has 0 atom stereocenters. The van der Waals surface area contributed by atoms with Gasteiger partial charge in [0.15, 0.2) is 0 Å². The number of hydrogen-bond acceptors (Lipinski definition) is 4. The molecule has 0 unspecified atom stereocenters. The van der Waals surface area contributed by atoms with Crippen LogP contribution in [0.25, 0.3) is 10.4 Å². The van der Waals surface area contributed by atoms with E-state index in [1.807, 2.05) is 53.9 Å². The van der Waals surface area contributed by atoms with Crippen molar-refractivity contribution in [1.82, 2.24) is 5.32 Å². The first-order chi connectivity index (χ1) is 14.7. The third kappa shape index (κ3) is 5.29. The molecular formula is C25H29N3OS. The summed E-state index contributed by atoms with van der Waals surface area (Å²) in [4.78, 5) is 13.9. The average molecular weight is 420 g/mol. The summed E-state index contributed by atoms with van der Waals surface area (Å²) >= 11 is 1.66. The molecule has 2 aromatic carbocycles. The molecule has 0 bridgehead atoms. The fourth-order valence-electron chi connectivity index (χ4n) is 4.04. The third-order valence-corrected chi connectivity index (χ3v) is 6.73. The predicted octanol–water partition coefficient (Wildman–Crippen LogP) is 5.92. The zero-order valence-electron chi connectivity index (χ0n) is 17.2. The Kier molecular flexibility index (Phi) is 6.82. The van der Waals surface area contributed by atoms with Gasteiger partial charge in [0.25, 0.3) is 5.91 Å². The molecule has 4 rings (SSSR count). The molecule has 1 aliphatic rings. The zero-order valence-corrected chi connectivity index (χ0v) is 18.0. The first-order valence-corrected chi connectivity index (χ1v) is 11.6. The lowest BCUT2D eigenvalue weighted by Gasteiger charge is -2.21. The Morgan fingerprint density at radius 3 is 2.57 bits per heavy atom. The van der Waals surface area contributed by atoms with Gasteiger partial charge < -0.3 is 16.4 Å². The molecule has 0 aliphatic heterocycles. The molecule has 0 radical (unpaired) electrons. The molecule has 30 heavy (non-hydrogen) atoms. The van der Waals surface area contributed by atoms with Crippen LogP contribution in [0.5, 0.6) is 0 Å². The van der Waals surface area contributed by atoms with Gasteiger partial charge in [0.05, 0.1) is 11.4 Å². The smallest absolute Gasteiger partial charge is 0.255 e. The van der Waals surface area contributed by atoms with E-state index in [4.69, 9.17) is 5.73 Å². The summed E-state index contributed by atoms with van der Waals surface area (Å²) in [6.45, 7) is 1.93. The fraction of sp³-hybridized carbons (Fsp3) is 0.320. The number of nitrogen functional groups attached to an aromatic ring is 1. The van der Waals surface area contributed by atoms with Gasteiger partial charge in [-0.15, -0.1) is 11.3 Å². The maximum Gasteiger partial charge on any atom is 0.255 e. The molecule has 4 nitrogen and oxygen atoms in total. The summed E-state index contributed by atoms with van der Waals surface area (Å²) in [6, 6.07) is 17.6. The Morgan fingerprint density at radius 1 is 1.03 bits per heavy atom. The van der Waals surface area contributed by atoms with Crippen molar-refractivity contribution < 1.29 is 4.79 Å². The Morgan fingerprint density at radius 2 is 1.83 bits per heavy atom. The molecular weight excluding hydrogens is 390 g/mol. The van der Waals surface area contributed by atoms with E-state index >= 15 is 0 Å². The van der Waals surface area contributed by atoms with Gasteiger partial charge in [0.2, 0.25) is 0 Å². The number of carbonyl (C=O) groups is 1. The molecule has 1 heterocycles. The Balaban J connectivity index is 1.34. The number of nitrogens with one attached hydrogen (secondary N) is 2. The second kappa shape index (κ2) is 9.92. The molecule has 156 valence electrons. The van der Waals surface area contributed by atoms with Crippen molar-refractivity contribution in [1.29, 1.82) is 0 Å². The van der Waals surface area contributed by atoms with E-state index in [1.54, 1.807) is 11.3 Å². The number of benzene rings is 2. The highest BCUT2D eigenvalue weighted by Crippen LogP contribution is 2.30. The minimum Gasteiger partial charge on any atom is -0.397 e. The van der Waals surface area contributed by atoms with Crippen LogP contribution in [0.15, 0.2) is 60.0 Å². The summed E-state index contributed by atoms with van der Waals surface area (Å²) in [7, 11) is 0. The average Bonchev–Trinajstić information content (AvgIpc) is 3.31. The zero-order chi connectivity index (χ0) is 20.8. The lowest BCUT2D eigenvalue weighted by molar-refractivity contribution is 0.102. The maximum atomic E-state index is 12.7. The van der Waals surface area contributed by atoms with Crippen LogP contribution in [0.1, 0.15) is 48.0 Å². The number of nitrogens with two attached hydrogens (primary N) is 1. The van der Waals surface area contributed by atoms with E-state index in [0.29, 0.717) is 16.9 Å². The van der Waals surface area contributed by atoms with Crippen LogP contribution in [-0.4, -0.2) is 12.5 Å². The Bertz CT molecular complexity index is 961. The van der Waals surface area contributed by atoms with Crippen LogP contribution in [0.3, 0.4) is 0 Å². The normalized spacial score (nSPS) is 14.5. The van der Waals surface area contributed by atoms with Crippen molar-refractivity contribution in [2.75, 3.05) is 17.6 Å². The molecule has 0 saturated heterocycles. The van der Waals surface area contributed by atoms with Crippen molar-refractivity contribution in [3.8, 4) is 10.4 Å².